The van der Waals surface area contributed by atoms with Gasteiger partial charge >= 0.3 is 0 Å². The summed E-state index contributed by atoms with van der Waals surface area (Å²) in [4.78, 5) is 13.9. The lowest BCUT2D eigenvalue weighted by Gasteiger charge is -2.38. The molecular weight excluding hydrogens is 206 g/mol. The van der Waals surface area contributed by atoms with Gasteiger partial charge in [0.1, 0.15) is 0 Å². The molecule has 2 rings (SSSR count). The third-order valence-corrected chi connectivity index (χ3v) is 2.68. The monoisotopic (exact) mass is 223 g/mol. The summed E-state index contributed by atoms with van der Waals surface area (Å²) >= 11 is 0. The lowest BCUT2D eigenvalue weighted by Crippen LogP contribution is -2.58. The van der Waals surface area contributed by atoms with E-state index in [-0.39, 0.29) is 11.4 Å². The molecule has 0 atom stereocenters. The van der Waals surface area contributed by atoms with Gasteiger partial charge in [-0.05, 0) is 13.8 Å². The van der Waals surface area contributed by atoms with Crippen molar-refractivity contribution in [3.8, 4) is 0 Å². The van der Waals surface area contributed by atoms with Crippen LogP contribution in [0.4, 0.5) is 0 Å². The minimum atomic E-state index is -0.0392. The van der Waals surface area contributed by atoms with E-state index in [1.54, 1.807) is 17.9 Å². The van der Waals surface area contributed by atoms with E-state index < -0.39 is 0 Å². The Morgan fingerprint density at radius 3 is 2.88 bits per heavy atom. The fourth-order valence-electron chi connectivity index (χ4n) is 1.92. The zero-order chi connectivity index (χ0) is 11.8. The average molecular weight is 223 g/mol. The second-order valence-corrected chi connectivity index (χ2v) is 4.81. The Morgan fingerprint density at radius 1 is 1.56 bits per heavy atom. The first-order chi connectivity index (χ1) is 7.48. The zero-order valence-corrected chi connectivity index (χ0v) is 9.90. The molecule has 1 N–H and O–H groups in total. The molecule has 1 fully saturated rings. The third kappa shape index (κ3) is 2.21. The number of hydrogen-bond acceptors (Lipinski definition) is 4. The first-order valence-electron chi connectivity index (χ1n) is 5.38. The third-order valence-electron chi connectivity index (χ3n) is 2.68. The van der Waals surface area contributed by atoms with Crippen molar-refractivity contribution >= 4 is 5.91 Å². The maximum atomic E-state index is 12.1. The summed E-state index contributed by atoms with van der Waals surface area (Å²) in [7, 11) is 1.76. The van der Waals surface area contributed by atoms with E-state index in [9.17, 15) is 4.79 Å². The molecule has 2 heterocycles. The highest BCUT2D eigenvalue weighted by Gasteiger charge is 2.29. The molecule has 1 saturated heterocycles. The maximum Gasteiger partial charge on any atom is 0.276 e. The molecule has 1 aromatic heterocycles. The van der Waals surface area contributed by atoms with Gasteiger partial charge in [-0.15, -0.1) is 5.10 Å². The van der Waals surface area contributed by atoms with Crippen molar-refractivity contribution < 1.29 is 4.79 Å². The minimum absolute atomic E-state index is 0.0316. The van der Waals surface area contributed by atoms with Gasteiger partial charge in [0.2, 0.25) is 0 Å². The molecule has 6 heteroatoms. The molecule has 0 radical (unpaired) electrons. The summed E-state index contributed by atoms with van der Waals surface area (Å²) in [6.45, 7) is 6.41. The highest BCUT2D eigenvalue weighted by Crippen LogP contribution is 2.12. The number of hydrogen-bond donors (Lipinski definition) is 1. The van der Waals surface area contributed by atoms with Crippen molar-refractivity contribution in [1.29, 1.82) is 0 Å². The normalized spacial score (nSPS) is 19.8. The van der Waals surface area contributed by atoms with Crippen molar-refractivity contribution in [2.45, 2.75) is 19.4 Å². The SMILES string of the molecule is Cn1cc(C(=O)N2CCNC(C)(C)C2)nn1. The van der Waals surface area contributed by atoms with E-state index in [0.717, 1.165) is 13.1 Å². The number of piperazine rings is 1. The number of carbonyl (C=O) groups is 1. The Balaban J connectivity index is 2.10. The van der Waals surface area contributed by atoms with Crippen molar-refractivity contribution in [2.75, 3.05) is 19.6 Å². The second kappa shape index (κ2) is 3.86. The molecule has 88 valence electrons. The lowest BCUT2D eigenvalue weighted by molar-refractivity contribution is 0.0646. The predicted octanol–water partition coefficient (Wildman–Crippen LogP) is -0.361. The van der Waals surface area contributed by atoms with Crippen LogP contribution in [-0.2, 0) is 7.05 Å². The molecule has 1 aromatic rings. The molecule has 0 aromatic carbocycles. The quantitative estimate of drug-likeness (QED) is 0.706. The van der Waals surface area contributed by atoms with Crippen LogP contribution >= 0.6 is 0 Å². The van der Waals surface area contributed by atoms with Crippen molar-refractivity contribution in [2.24, 2.45) is 7.05 Å². The number of nitrogens with zero attached hydrogens (tertiary/aromatic N) is 4. The number of nitrogens with one attached hydrogen (secondary N) is 1. The van der Waals surface area contributed by atoms with E-state index in [4.69, 9.17) is 0 Å². The Labute approximate surface area is 94.6 Å². The predicted molar refractivity (Wildman–Crippen MR) is 59.0 cm³/mol. The van der Waals surface area contributed by atoms with Gasteiger partial charge < -0.3 is 10.2 Å². The summed E-state index contributed by atoms with van der Waals surface area (Å²) in [5.74, 6) is -0.0392. The van der Waals surface area contributed by atoms with Crippen molar-refractivity contribution in [1.82, 2.24) is 25.2 Å². The van der Waals surface area contributed by atoms with Crippen LogP contribution in [-0.4, -0.2) is 51.0 Å². The van der Waals surface area contributed by atoms with Crippen LogP contribution in [0.15, 0.2) is 6.20 Å². The van der Waals surface area contributed by atoms with E-state index in [1.165, 1.54) is 0 Å². The van der Waals surface area contributed by atoms with Gasteiger partial charge in [0.05, 0.1) is 6.20 Å². The van der Waals surface area contributed by atoms with E-state index in [0.29, 0.717) is 12.2 Å². The van der Waals surface area contributed by atoms with Crippen molar-refractivity contribution in [3.63, 3.8) is 0 Å². The zero-order valence-electron chi connectivity index (χ0n) is 9.90. The smallest absolute Gasteiger partial charge is 0.276 e. The fraction of sp³-hybridized carbons (Fsp3) is 0.700. The summed E-state index contributed by atoms with van der Waals surface area (Å²) in [5, 5.41) is 11.0. The van der Waals surface area contributed by atoms with Gasteiger partial charge in [0, 0.05) is 32.2 Å². The first kappa shape index (κ1) is 11.1. The molecule has 0 spiro atoms. The standard InChI is InChI=1S/C10H17N5O/c1-10(2)7-15(5-4-11-10)9(16)8-6-14(3)13-12-8/h6,11H,4-5,7H2,1-3H3. The number of rotatable bonds is 1. The summed E-state index contributed by atoms with van der Waals surface area (Å²) in [6, 6.07) is 0. The average Bonchev–Trinajstić information content (AvgIpc) is 2.62. The Bertz CT molecular complexity index is 398. The Kier molecular flexibility index (Phi) is 2.67. The highest BCUT2D eigenvalue weighted by atomic mass is 16.2. The van der Waals surface area contributed by atoms with Gasteiger partial charge in [-0.2, -0.15) is 0 Å². The molecule has 1 amide bonds. The molecule has 6 nitrogen and oxygen atoms in total. The van der Waals surface area contributed by atoms with Crippen molar-refractivity contribution in [3.05, 3.63) is 11.9 Å². The summed E-state index contributed by atoms with van der Waals surface area (Å²) < 4.78 is 1.54. The van der Waals surface area contributed by atoms with Crippen LogP contribution in [0.5, 0.6) is 0 Å². The first-order valence-corrected chi connectivity index (χ1v) is 5.38. The van der Waals surface area contributed by atoms with Gasteiger partial charge in [0.25, 0.3) is 5.91 Å². The number of aromatic nitrogens is 3. The number of carbonyl (C=O) groups excluding carboxylic acids is 1. The highest BCUT2D eigenvalue weighted by molar-refractivity contribution is 5.92. The van der Waals surface area contributed by atoms with Crippen LogP contribution < -0.4 is 5.32 Å². The minimum Gasteiger partial charge on any atom is -0.334 e. The molecule has 0 aliphatic carbocycles. The van der Waals surface area contributed by atoms with E-state index >= 15 is 0 Å². The summed E-state index contributed by atoms with van der Waals surface area (Å²) in [5.41, 5.74) is 0.385. The molecule has 0 saturated carbocycles. The van der Waals surface area contributed by atoms with Gasteiger partial charge in [-0.25, -0.2) is 0 Å². The summed E-state index contributed by atoms with van der Waals surface area (Å²) in [6.07, 6.45) is 1.65. The molecule has 0 unspecified atom stereocenters. The van der Waals surface area contributed by atoms with Crippen LogP contribution in [0, 0.1) is 0 Å². The van der Waals surface area contributed by atoms with Crippen LogP contribution in [0.2, 0.25) is 0 Å². The maximum absolute atomic E-state index is 12.1. The Hall–Kier alpha value is -1.43. The molecule has 0 bridgehead atoms. The second-order valence-electron chi connectivity index (χ2n) is 4.81. The van der Waals surface area contributed by atoms with Crippen LogP contribution in [0.25, 0.3) is 0 Å². The van der Waals surface area contributed by atoms with Crippen LogP contribution in [0.1, 0.15) is 24.3 Å². The largest absolute Gasteiger partial charge is 0.334 e. The number of amides is 1. The van der Waals surface area contributed by atoms with Gasteiger partial charge in [-0.1, -0.05) is 5.21 Å². The fourth-order valence-corrected chi connectivity index (χ4v) is 1.92. The van der Waals surface area contributed by atoms with E-state index in [2.05, 4.69) is 29.5 Å². The Morgan fingerprint density at radius 2 is 2.31 bits per heavy atom. The van der Waals surface area contributed by atoms with E-state index in [1.807, 2.05) is 4.90 Å². The molecule has 1 aliphatic heterocycles. The van der Waals surface area contributed by atoms with Crippen LogP contribution in [0.3, 0.4) is 0 Å². The lowest BCUT2D eigenvalue weighted by atomic mass is 10.0. The van der Waals surface area contributed by atoms with Gasteiger partial charge in [-0.3, -0.25) is 9.48 Å². The number of aryl methyl sites for hydroxylation is 1. The molecule has 1 aliphatic rings. The molecule has 16 heavy (non-hydrogen) atoms. The topological polar surface area (TPSA) is 63.1 Å². The van der Waals surface area contributed by atoms with Gasteiger partial charge in [0.15, 0.2) is 5.69 Å². The molecular formula is C10H17N5O.